The van der Waals surface area contributed by atoms with Gasteiger partial charge in [-0.05, 0) is 25.3 Å². The molecule has 0 unspecified atom stereocenters. The van der Waals surface area contributed by atoms with Crippen LogP contribution >= 0.6 is 11.8 Å². The van der Waals surface area contributed by atoms with E-state index in [2.05, 4.69) is 15.5 Å². The Kier molecular flexibility index (Phi) is 3.63. The number of carbonyl (C=O) groups is 1. The fourth-order valence-electron chi connectivity index (χ4n) is 1.43. The van der Waals surface area contributed by atoms with Gasteiger partial charge in [-0.2, -0.15) is 11.8 Å². The number of hydrogen-bond acceptors (Lipinski definition) is 4. The number of carbonyl (C=O) groups excluding carboxylic acids is 1. The Balaban J connectivity index is 2.07. The van der Waals surface area contributed by atoms with E-state index >= 15 is 0 Å². The number of rotatable bonds is 4. The first kappa shape index (κ1) is 11.9. The van der Waals surface area contributed by atoms with Crippen LogP contribution in [0.15, 0.2) is 24.4 Å². The van der Waals surface area contributed by atoms with E-state index in [1.54, 1.807) is 0 Å². The molecular weight excluding hydrogens is 236 g/mol. The Hall–Kier alpha value is -1.56. The SMILES string of the molecule is CS[C@@H](C)C(=O)NCc1nnc2ccccn12. The fraction of sp³-hybridized carbons (Fsp3) is 0.364. The van der Waals surface area contributed by atoms with Gasteiger partial charge < -0.3 is 5.32 Å². The third-order valence-corrected chi connectivity index (χ3v) is 3.45. The van der Waals surface area contributed by atoms with Crippen molar-refractivity contribution in [2.75, 3.05) is 6.26 Å². The Bertz CT molecular complexity index is 525. The molecule has 5 nitrogen and oxygen atoms in total. The Morgan fingerprint density at radius 1 is 1.53 bits per heavy atom. The third kappa shape index (κ3) is 2.58. The highest BCUT2D eigenvalue weighted by Gasteiger charge is 2.12. The largest absolute Gasteiger partial charge is 0.348 e. The lowest BCUT2D eigenvalue weighted by molar-refractivity contribution is -0.120. The van der Waals surface area contributed by atoms with Gasteiger partial charge in [-0.1, -0.05) is 6.07 Å². The number of aromatic nitrogens is 3. The van der Waals surface area contributed by atoms with Crippen LogP contribution in [0.25, 0.3) is 5.65 Å². The Morgan fingerprint density at radius 2 is 2.35 bits per heavy atom. The summed E-state index contributed by atoms with van der Waals surface area (Å²) >= 11 is 1.52. The number of amides is 1. The van der Waals surface area contributed by atoms with Crippen LogP contribution in [-0.4, -0.2) is 32.0 Å². The standard InChI is InChI=1S/C11H14N4OS/c1-8(17-2)11(16)12-7-10-14-13-9-5-3-4-6-15(9)10/h3-6,8H,7H2,1-2H3,(H,12,16)/t8-/m0/s1. The molecule has 1 amide bonds. The van der Waals surface area contributed by atoms with Crippen LogP contribution in [-0.2, 0) is 11.3 Å². The molecule has 0 aliphatic carbocycles. The molecule has 1 N–H and O–H groups in total. The van der Waals surface area contributed by atoms with Gasteiger partial charge in [0.05, 0.1) is 11.8 Å². The lowest BCUT2D eigenvalue weighted by atomic mass is 10.4. The maximum Gasteiger partial charge on any atom is 0.233 e. The molecule has 0 radical (unpaired) electrons. The van der Waals surface area contributed by atoms with Crippen molar-refractivity contribution in [1.82, 2.24) is 19.9 Å². The number of nitrogens with one attached hydrogen (secondary N) is 1. The summed E-state index contributed by atoms with van der Waals surface area (Å²) in [6, 6.07) is 5.69. The highest BCUT2D eigenvalue weighted by Crippen LogP contribution is 2.06. The van der Waals surface area contributed by atoms with E-state index in [9.17, 15) is 4.79 Å². The molecule has 0 spiro atoms. The monoisotopic (exact) mass is 250 g/mol. The lowest BCUT2D eigenvalue weighted by Crippen LogP contribution is -2.30. The number of hydrogen-bond donors (Lipinski definition) is 1. The third-order valence-electron chi connectivity index (χ3n) is 2.53. The summed E-state index contributed by atoms with van der Waals surface area (Å²) in [5.41, 5.74) is 0.787. The van der Waals surface area contributed by atoms with Crippen LogP contribution in [0.5, 0.6) is 0 Å². The van der Waals surface area contributed by atoms with Gasteiger partial charge in [-0.25, -0.2) is 0 Å². The van der Waals surface area contributed by atoms with Crippen LogP contribution < -0.4 is 5.32 Å². The van der Waals surface area contributed by atoms with E-state index < -0.39 is 0 Å². The van der Waals surface area contributed by atoms with Crippen LogP contribution in [0.1, 0.15) is 12.7 Å². The summed E-state index contributed by atoms with van der Waals surface area (Å²) in [7, 11) is 0. The topological polar surface area (TPSA) is 59.3 Å². The summed E-state index contributed by atoms with van der Waals surface area (Å²) in [4.78, 5) is 11.6. The van der Waals surface area contributed by atoms with Gasteiger partial charge >= 0.3 is 0 Å². The molecule has 2 aromatic heterocycles. The fourth-order valence-corrected chi connectivity index (χ4v) is 1.73. The van der Waals surface area contributed by atoms with Crippen molar-refractivity contribution in [2.24, 2.45) is 0 Å². The first-order chi connectivity index (χ1) is 8.22. The summed E-state index contributed by atoms with van der Waals surface area (Å²) in [5.74, 6) is 0.757. The molecule has 0 bridgehead atoms. The number of pyridine rings is 1. The molecule has 2 heterocycles. The second-order valence-electron chi connectivity index (χ2n) is 3.64. The molecule has 0 aliphatic heterocycles. The zero-order valence-electron chi connectivity index (χ0n) is 9.75. The predicted molar refractivity (Wildman–Crippen MR) is 67.8 cm³/mol. The van der Waals surface area contributed by atoms with Crippen LogP contribution in [0.4, 0.5) is 0 Å². The molecule has 0 saturated heterocycles. The molecule has 2 aromatic rings. The van der Waals surface area contributed by atoms with Crippen molar-refractivity contribution in [2.45, 2.75) is 18.7 Å². The normalized spacial score (nSPS) is 12.6. The quantitative estimate of drug-likeness (QED) is 0.882. The van der Waals surface area contributed by atoms with Gasteiger partial charge in [0.25, 0.3) is 0 Å². The Labute approximate surface area is 104 Å². The van der Waals surface area contributed by atoms with E-state index in [1.807, 2.05) is 42.0 Å². The molecule has 2 rings (SSSR count). The van der Waals surface area contributed by atoms with Gasteiger partial charge in [0, 0.05) is 6.20 Å². The molecular formula is C11H14N4OS. The van der Waals surface area contributed by atoms with E-state index in [4.69, 9.17) is 0 Å². The first-order valence-electron chi connectivity index (χ1n) is 5.31. The second kappa shape index (κ2) is 5.18. The van der Waals surface area contributed by atoms with Crippen LogP contribution in [0.2, 0.25) is 0 Å². The molecule has 90 valence electrons. The zero-order valence-corrected chi connectivity index (χ0v) is 10.6. The predicted octanol–water partition coefficient (Wildman–Crippen LogP) is 1.10. The lowest BCUT2D eigenvalue weighted by Gasteiger charge is -2.08. The van der Waals surface area contributed by atoms with Crippen molar-refractivity contribution in [3.8, 4) is 0 Å². The number of nitrogens with zero attached hydrogens (tertiary/aromatic N) is 3. The number of thioether (sulfide) groups is 1. The zero-order chi connectivity index (χ0) is 12.3. The van der Waals surface area contributed by atoms with E-state index in [-0.39, 0.29) is 11.2 Å². The van der Waals surface area contributed by atoms with Crippen molar-refractivity contribution in [1.29, 1.82) is 0 Å². The summed E-state index contributed by atoms with van der Waals surface area (Å²) in [6.07, 6.45) is 3.80. The smallest absolute Gasteiger partial charge is 0.233 e. The minimum Gasteiger partial charge on any atom is -0.348 e. The molecule has 6 heteroatoms. The minimum atomic E-state index is -0.0471. The van der Waals surface area contributed by atoms with Crippen LogP contribution in [0, 0.1) is 0 Å². The highest BCUT2D eigenvalue weighted by atomic mass is 32.2. The van der Waals surface area contributed by atoms with Gasteiger partial charge in [0.1, 0.15) is 0 Å². The van der Waals surface area contributed by atoms with Gasteiger partial charge in [0.2, 0.25) is 5.91 Å². The summed E-state index contributed by atoms with van der Waals surface area (Å²) in [5, 5.41) is 10.9. The highest BCUT2D eigenvalue weighted by molar-refractivity contribution is 7.99. The molecule has 17 heavy (non-hydrogen) atoms. The maximum atomic E-state index is 11.6. The van der Waals surface area contributed by atoms with E-state index in [0.29, 0.717) is 6.54 Å². The molecule has 0 saturated carbocycles. The van der Waals surface area contributed by atoms with Gasteiger partial charge in [-0.3, -0.25) is 9.20 Å². The molecule has 0 aromatic carbocycles. The second-order valence-corrected chi connectivity index (χ2v) is 4.82. The maximum absolute atomic E-state index is 11.6. The van der Waals surface area contributed by atoms with Crippen molar-refractivity contribution in [3.63, 3.8) is 0 Å². The van der Waals surface area contributed by atoms with Gasteiger partial charge in [-0.15, -0.1) is 10.2 Å². The molecule has 0 fully saturated rings. The Morgan fingerprint density at radius 3 is 3.12 bits per heavy atom. The van der Waals surface area contributed by atoms with Crippen molar-refractivity contribution in [3.05, 3.63) is 30.2 Å². The van der Waals surface area contributed by atoms with Crippen LogP contribution in [0.3, 0.4) is 0 Å². The first-order valence-corrected chi connectivity index (χ1v) is 6.60. The summed E-state index contributed by atoms with van der Waals surface area (Å²) in [6.45, 7) is 2.27. The average Bonchev–Trinajstić information content (AvgIpc) is 2.78. The van der Waals surface area contributed by atoms with Crippen molar-refractivity contribution >= 4 is 23.3 Å². The average molecular weight is 250 g/mol. The molecule has 1 atom stereocenters. The van der Waals surface area contributed by atoms with Crippen molar-refractivity contribution < 1.29 is 4.79 Å². The number of fused-ring (bicyclic) bond motifs is 1. The summed E-state index contributed by atoms with van der Waals surface area (Å²) < 4.78 is 1.87. The minimum absolute atomic E-state index is 0.0187. The van der Waals surface area contributed by atoms with E-state index in [1.165, 1.54) is 11.8 Å². The molecule has 0 aliphatic rings. The van der Waals surface area contributed by atoms with E-state index in [0.717, 1.165) is 11.5 Å². The van der Waals surface area contributed by atoms with Gasteiger partial charge in [0.15, 0.2) is 11.5 Å².